The first-order chi connectivity index (χ1) is 15.9. The number of benzene rings is 2. The molecule has 1 saturated carbocycles. The van der Waals surface area contributed by atoms with Gasteiger partial charge in [-0.2, -0.15) is 0 Å². The third kappa shape index (κ3) is 5.08. The van der Waals surface area contributed by atoms with Crippen molar-refractivity contribution in [2.24, 2.45) is 11.8 Å². The first-order valence-electron chi connectivity index (χ1n) is 11.3. The molecule has 6 nitrogen and oxygen atoms in total. The fourth-order valence-corrected chi connectivity index (χ4v) is 5.08. The molecule has 0 bridgehead atoms. The van der Waals surface area contributed by atoms with Gasteiger partial charge in [0.2, 0.25) is 5.91 Å². The largest absolute Gasteiger partial charge is 0.496 e. The van der Waals surface area contributed by atoms with Crippen LogP contribution in [-0.4, -0.2) is 31.5 Å². The van der Waals surface area contributed by atoms with E-state index in [1.54, 1.807) is 25.3 Å². The third-order valence-electron chi connectivity index (χ3n) is 6.66. The lowest BCUT2D eigenvalue weighted by molar-refractivity contribution is -0.124. The number of halogens is 1. The second-order valence-electron chi connectivity index (χ2n) is 8.80. The Morgan fingerprint density at radius 3 is 2.79 bits per heavy atom. The highest BCUT2D eigenvalue weighted by Gasteiger charge is 2.33. The summed E-state index contributed by atoms with van der Waals surface area (Å²) in [5.41, 5.74) is 1.37. The Morgan fingerprint density at radius 2 is 2.03 bits per heavy atom. The molecule has 0 radical (unpaired) electrons. The molecule has 7 heteroatoms. The van der Waals surface area contributed by atoms with E-state index < -0.39 is 0 Å². The van der Waals surface area contributed by atoms with Crippen molar-refractivity contribution in [2.45, 2.75) is 39.2 Å². The lowest BCUT2D eigenvalue weighted by Gasteiger charge is -2.35. The maximum absolute atomic E-state index is 13.4. The number of rotatable bonds is 5. The second-order valence-corrected chi connectivity index (χ2v) is 9.66. The Labute approximate surface area is 203 Å². The fraction of sp³-hybridized carbons (Fsp3) is 0.385. The molecule has 1 fully saturated rings. The zero-order valence-electron chi connectivity index (χ0n) is 19.1. The van der Waals surface area contributed by atoms with E-state index in [0.717, 1.165) is 22.9 Å². The molecule has 2 aromatic carbocycles. The van der Waals surface area contributed by atoms with Gasteiger partial charge in [-0.25, -0.2) is 0 Å². The van der Waals surface area contributed by atoms with Gasteiger partial charge in [0.25, 0.3) is 5.91 Å². The van der Waals surface area contributed by atoms with E-state index in [9.17, 15) is 9.59 Å². The fourth-order valence-electron chi connectivity index (χ4n) is 4.52. The summed E-state index contributed by atoms with van der Waals surface area (Å²) in [6.45, 7) is 4.37. The van der Waals surface area contributed by atoms with Gasteiger partial charge in [0.05, 0.1) is 17.3 Å². The van der Waals surface area contributed by atoms with Gasteiger partial charge in [-0.1, -0.05) is 44.9 Å². The van der Waals surface area contributed by atoms with E-state index in [2.05, 4.69) is 35.1 Å². The molecule has 4 rings (SSSR count). The Kier molecular flexibility index (Phi) is 7.08. The number of nitrogens with one attached hydrogen (secondary N) is 1. The highest BCUT2D eigenvalue weighted by atomic mass is 79.9. The van der Waals surface area contributed by atoms with Crippen LogP contribution < -0.4 is 19.7 Å². The molecule has 1 aliphatic carbocycles. The smallest absolute Gasteiger partial charge is 0.294 e. The number of carbonyl (C=O) groups excluding carboxylic acids is 2. The van der Waals surface area contributed by atoms with Crippen LogP contribution in [-0.2, 0) is 9.59 Å². The molecule has 1 heterocycles. The summed E-state index contributed by atoms with van der Waals surface area (Å²) in [5, 5.41) is 3.17. The van der Waals surface area contributed by atoms with Gasteiger partial charge in [-0.3, -0.25) is 14.5 Å². The summed E-state index contributed by atoms with van der Waals surface area (Å²) in [6.07, 6.45) is 4.96. The van der Waals surface area contributed by atoms with Crippen molar-refractivity contribution in [3.05, 3.63) is 58.3 Å². The number of carbonyl (C=O) groups is 2. The van der Waals surface area contributed by atoms with E-state index >= 15 is 0 Å². The zero-order valence-corrected chi connectivity index (χ0v) is 20.7. The number of ether oxygens (including phenoxy) is 2. The number of hydrogen-bond acceptors (Lipinski definition) is 4. The van der Waals surface area contributed by atoms with E-state index in [-0.39, 0.29) is 30.2 Å². The number of methoxy groups -OCH3 is 1. The van der Waals surface area contributed by atoms with Gasteiger partial charge in [0, 0.05) is 6.04 Å². The Hall–Kier alpha value is -2.80. The first kappa shape index (κ1) is 23.4. The van der Waals surface area contributed by atoms with Crippen molar-refractivity contribution in [3.8, 4) is 11.5 Å². The molecule has 1 N–H and O–H groups in total. The van der Waals surface area contributed by atoms with Gasteiger partial charge in [0.1, 0.15) is 12.3 Å². The number of anilines is 1. The first-order valence-corrected chi connectivity index (χ1v) is 12.1. The molecule has 3 atom stereocenters. The summed E-state index contributed by atoms with van der Waals surface area (Å²) in [5.74, 6) is 1.90. The van der Waals surface area contributed by atoms with Crippen LogP contribution in [0.5, 0.6) is 11.5 Å². The SMILES string of the molecule is COc1ccc(/C=C2\Oc3ccccc3N(CC(=O)N[C@@H]3CCC[C@H](C)[C@@H]3C)C2=O)cc1Br. The van der Waals surface area contributed by atoms with Gasteiger partial charge in [-0.15, -0.1) is 0 Å². The minimum Gasteiger partial charge on any atom is -0.496 e. The lowest BCUT2D eigenvalue weighted by Crippen LogP contribution is -2.49. The van der Waals surface area contributed by atoms with Gasteiger partial charge in [-0.05, 0) is 70.1 Å². The maximum Gasteiger partial charge on any atom is 0.294 e. The quantitative estimate of drug-likeness (QED) is 0.561. The Balaban J connectivity index is 1.57. The van der Waals surface area contributed by atoms with Crippen LogP contribution in [0.15, 0.2) is 52.7 Å². The number of para-hydroxylation sites is 2. The third-order valence-corrected chi connectivity index (χ3v) is 7.28. The number of hydrogen-bond donors (Lipinski definition) is 1. The summed E-state index contributed by atoms with van der Waals surface area (Å²) >= 11 is 3.47. The average Bonchev–Trinajstić information content (AvgIpc) is 2.80. The summed E-state index contributed by atoms with van der Waals surface area (Å²) in [4.78, 5) is 27.8. The minimum absolute atomic E-state index is 0.0551. The highest BCUT2D eigenvalue weighted by molar-refractivity contribution is 9.10. The van der Waals surface area contributed by atoms with E-state index in [4.69, 9.17) is 9.47 Å². The molecule has 33 heavy (non-hydrogen) atoms. The van der Waals surface area contributed by atoms with E-state index in [0.29, 0.717) is 29.0 Å². The van der Waals surface area contributed by atoms with Crippen LogP contribution in [0, 0.1) is 11.8 Å². The summed E-state index contributed by atoms with van der Waals surface area (Å²) in [7, 11) is 1.60. The molecule has 2 aliphatic rings. The van der Waals surface area contributed by atoms with Gasteiger partial charge >= 0.3 is 0 Å². The topological polar surface area (TPSA) is 67.9 Å². The standard InChI is InChI=1S/C26H29BrN2O4/c1-16-7-6-8-20(17(16)2)28-25(30)15-29-21-9-4-5-10-23(21)33-24(26(29)31)14-18-11-12-22(32-3)19(27)13-18/h4-5,9-14,16-17,20H,6-8,15H2,1-3H3,(H,28,30)/b24-14-/t16-,17-,20+/m0/s1. The molecular formula is C26H29BrN2O4. The van der Waals surface area contributed by atoms with Crippen LogP contribution in [0.4, 0.5) is 5.69 Å². The van der Waals surface area contributed by atoms with Crippen molar-refractivity contribution in [1.82, 2.24) is 5.32 Å². The summed E-state index contributed by atoms with van der Waals surface area (Å²) in [6, 6.07) is 12.9. The molecule has 2 amide bonds. The number of fused-ring (bicyclic) bond motifs is 1. The van der Waals surface area contributed by atoms with Crippen LogP contribution in [0.1, 0.15) is 38.7 Å². The lowest BCUT2D eigenvalue weighted by atomic mass is 9.78. The van der Waals surface area contributed by atoms with Crippen molar-refractivity contribution in [2.75, 3.05) is 18.6 Å². The predicted octanol–water partition coefficient (Wildman–Crippen LogP) is 5.17. The number of amides is 2. The van der Waals surface area contributed by atoms with Crippen molar-refractivity contribution in [3.63, 3.8) is 0 Å². The minimum atomic E-state index is -0.346. The molecule has 1 aliphatic heterocycles. The van der Waals surface area contributed by atoms with Gasteiger partial charge < -0.3 is 14.8 Å². The Morgan fingerprint density at radius 1 is 1.24 bits per heavy atom. The van der Waals surface area contributed by atoms with E-state index in [1.165, 1.54) is 11.3 Å². The molecule has 0 aromatic heterocycles. The molecule has 0 unspecified atom stereocenters. The van der Waals surface area contributed by atoms with Crippen molar-refractivity contribution < 1.29 is 19.1 Å². The molecule has 174 valence electrons. The van der Waals surface area contributed by atoms with Crippen molar-refractivity contribution >= 4 is 39.5 Å². The monoisotopic (exact) mass is 512 g/mol. The Bertz CT molecular complexity index is 1080. The predicted molar refractivity (Wildman–Crippen MR) is 132 cm³/mol. The van der Waals surface area contributed by atoms with E-state index in [1.807, 2.05) is 30.3 Å². The second kappa shape index (κ2) is 10.00. The van der Waals surface area contributed by atoms with Crippen LogP contribution in [0.3, 0.4) is 0 Å². The molecular weight excluding hydrogens is 484 g/mol. The van der Waals surface area contributed by atoms with Crippen LogP contribution in [0.25, 0.3) is 6.08 Å². The van der Waals surface area contributed by atoms with Crippen molar-refractivity contribution in [1.29, 1.82) is 0 Å². The van der Waals surface area contributed by atoms with Crippen LogP contribution in [0.2, 0.25) is 0 Å². The molecule has 0 saturated heterocycles. The number of nitrogens with zero attached hydrogens (tertiary/aromatic N) is 1. The summed E-state index contributed by atoms with van der Waals surface area (Å²) < 4.78 is 12.0. The van der Waals surface area contributed by atoms with Gasteiger partial charge in [0.15, 0.2) is 11.5 Å². The zero-order chi connectivity index (χ0) is 23.5. The highest BCUT2D eigenvalue weighted by Crippen LogP contribution is 2.36. The molecule has 2 aromatic rings. The normalized spacial score (nSPS) is 23.6. The maximum atomic E-state index is 13.4. The van der Waals surface area contributed by atoms with Crippen LogP contribution >= 0.6 is 15.9 Å². The molecule has 0 spiro atoms. The average molecular weight is 513 g/mol.